The van der Waals surface area contributed by atoms with E-state index in [2.05, 4.69) is 5.48 Å². The van der Waals surface area contributed by atoms with E-state index < -0.39 is 0 Å². The van der Waals surface area contributed by atoms with Gasteiger partial charge in [-0.15, -0.1) is 0 Å². The number of ether oxygens (including phenoxy) is 2. The Morgan fingerprint density at radius 3 is 2.57 bits per heavy atom. The molecule has 1 aliphatic heterocycles. The Balaban J connectivity index is 1.91. The van der Waals surface area contributed by atoms with Crippen molar-refractivity contribution in [2.75, 3.05) is 13.2 Å². The summed E-state index contributed by atoms with van der Waals surface area (Å²) in [5, 5.41) is 8.48. The number of hydrogen-bond donors (Lipinski definition) is 2. The maximum atomic E-state index is 8.48. The maximum Gasteiger partial charge on any atom is 0.145 e. The number of nitrogens with one attached hydrogen (secondary N) is 1. The first-order valence-electron chi connectivity index (χ1n) is 4.59. The van der Waals surface area contributed by atoms with Crippen LogP contribution in [-0.2, 0) is 11.3 Å². The minimum Gasteiger partial charge on any atom is -0.486 e. The van der Waals surface area contributed by atoms with Crippen LogP contribution in [0.2, 0.25) is 0 Å². The molecule has 0 bridgehead atoms. The Bertz CT molecular complexity index is 282. The van der Waals surface area contributed by atoms with Gasteiger partial charge in [0.05, 0.1) is 13.2 Å². The molecule has 0 amide bonds. The highest BCUT2D eigenvalue weighted by atomic mass is 16.6. The van der Waals surface area contributed by atoms with Crippen LogP contribution in [0.15, 0.2) is 24.3 Å². The number of hydroxylamine groups is 1. The Morgan fingerprint density at radius 2 is 2.07 bits per heavy atom. The Morgan fingerprint density at radius 1 is 1.36 bits per heavy atom. The average Bonchev–Trinajstić information content (AvgIpc) is 2.14. The zero-order valence-corrected chi connectivity index (χ0v) is 7.77. The van der Waals surface area contributed by atoms with Gasteiger partial charge in [-0.25, -0.2) is 5.48 Å². The van der Waals surface area contributed by atoms with Crippen molar-refractivity contribution in [3.05, 3.63) is 29.8 Å². The molecule has 0 aliphatic carbocycles. The molecular formula is C10H13NO3. The Kier molecular flexibility index (Phi) is 2.98. The van der Waals surface area contributed by atoms with E-state index >= 15 is 0 Å². The lowest BCUT2D eigenvalue weighted by atomic mass is 10.2. The van der Waals surface area contributed by atoms with Crippen molar-refractivity contribution in [3.8, 4) is 5.75 Å². The first-order valence-corrected chi connectivity index (χ1v) is 4.59. The van der Waals surface area contributed by atoms with Gasteiger partial charge in [-0.2, -0.15) is 0 Å². The number of benzene rings is 1. The fourth-order valence-corrected chi connectivity index (χ4v) is 1.25. The summed E-state index contributed by atoms with van der Waals surface area (Å²) in [6, 6.07) is 7.62. The normalized spacial score (nSPS) is 16.4. The molecule has 14 heavy (non-hydrogen) atoms. The zero-order valence-electron chi connectivity index (χ0n) is 7.77. The van der Waals surface area contributed by atoms with E-state index in [1.54, 1.807) is 0 Å². The average molecular weight is 195 g/mol. The SMILES string of the molecule is ONCc1ccc(OC2COC2)cc1. The summed E-state index contributed by atoms with van der Waals surface area (Å²) in [6.45, 7) is 1.81. The molecule has 0 spiro atoms. The van der Waals surface area contributed by atoms with Crippen molar-refractivity contribution < 1.29 is 14.7 Å². The highest BCUT2D eigenvalue weighted by Gasteiger charge is 2.19. The molecule has 2 rings (SSSR count). The third kappa shape index (κ3) is 2.23. The van der Waals surface area contributed by atoms with Crippen LogP contribution in [0.25, 0.3) is 0 Å². The highest BCUT2D eigenvalue weighted by Crippen LogP contribution is 2.16. The Hall–Kier alpha value is -1.10. The predicted octanol–water partition coefficient (Wildman–Crippen LogP) is 0.943. The molecule has 1 aliphatic rings. The lowest BCUT2D eigenvalue weighted by Crippen LogP contribution is -2.38. The number of hydrogen-bond acceptors (Lipinski definition) is 4. The van der Waals surface area contributed by atoms with Gasteiger partial charge in [-0.05, 0) is 17.7 Å². The number of rotatable bonds is 4. The predicted molar refractivity (Wildman–Crippen MR) is 50.3 cm³/mol. The molecule has 1 aromatic rings. The van der Waals surface area contributed by atoms with Crippen LogP contribution < -0.4 is 10.2 Å². The molecule has 1 saturated heterocycles. The lowest BCUT2D eigenvalue weighted by molar-refractivity contribution is -0.0796. The molecular weight excluding hydrogens is 182 g/mol. The molecule has 0 atom stereocenters. The van der Waals surface area contributed by atoms with Crippen LogP contribution in [0, 0.1) is 0 Å². The first-order chi connectivity index (χ1) is 6.88. The van der Waals surface area contributed by atoms with Crippen LogP contribution in [0.1, 0.15) is 5.56 Å². The molecule has 4 heteroatoms. The van der Waals surface area contributed by atoms with Gasteiger partial charge in [-0.3, -0.25) is 0 Å². The fraction of sp³-hybridized carbons (Fsp3) is 0.400. The van der Waals surface area contributed by atoms with Crippen molar-refractivity contribution in [1.82, 2.24) is 5.48 Å². The van der Waals surface area contributed by atoms with Crippen molar-refractivity contribution in [2.24, 2.45) is 0 Å². The summed E-state index contributed by atoms with van der Waals surface area (Å²) in [5.41, 5.74) is 3.12. The summed E-state index contributed by atoms with van der Waals surface area (Å²) in [7, 11) is 0. The van der Waals surface area contributed by atoms with E-state index in [4.69, 9.17) is 14.7 Å². The third-order valence-corrected chi connectivity index (χ3v) is 2.12. The van der Waals surface area contributed by atoms with Gasteiger partial charge in [0.25, 0.3) is 0 Å². The first kappa shape index (κ1) is 9.45. The molecule has 0 aromatic heterocycles. The van der Waals surface area contributed by atoms with Gasteiger partial charge in [0.2, 0.25) is 0 Å². The maximum absolute atomic E-state index is 8.48. The van der Waals surface area contributed by atoms with Crippen LogP contribution in [0.5, 0.6) is 5.75 Å². The summed E-state index contributed by atoms with van der Waals surface area (Å²) >= 11 is 0. The van der Waals surface area contributed by atoms with Crippen molar-refractivity contribution in [2.45, 2.75) is 12.6 Å². The standard InChI is InChI=1S/C10H13NO3/c12-11-5-8-1-3-9(4-2-8)14-10-6-13-7-10/h1-4,10-12H,5-7H2. The smallest absolute Gasteiger partial charge is 0.145 e. The van der Waals surface area contributed by atoms with Gasteiger partial charge in [-0.1, -0.05) is 12.1 Å². The van der Waals surface area contributed by atoms with E-state index in [0.717, 1.165) is 11.3 Å². The summed E-state index contributed by atoms with van der Waals surface area (Å²) < 4.78 is 10.6. The van der Waals surface area contributed by atoms with E-state index in [1.165, 1.54) is 0 Å². The molecule has 1 aromatic carbocycles. The third-order valence-electron chi connectivity index (χ3n) is 2.12. The van der Waals surface area contributed by atoms with Crippen LogP contribution in [-0.4, -0.2) is 24.5 Å². The van der Waals surface area contributed by atoms with Gasteiger partial charge in [0.1, 0.15) is 11.9 Å². The largest absolute Gasteiger partial charge is 0.486 e. The van der Waals surface area contributed by atoms with E-state index in [0.29, 0.717) is 19.8 Å². The fourth-order valence-electron chi connectivity index (χ4n) is 1.25. The van der Waals surface area contributed by atoms with E-state index in [-0.39, 0.29) is 6.10 Å². The molecule has 2 N–H and O–H groups in total. The zero-order chi connectivity index (χ0) is 9.80. The van der Waals surface area contributed by atoms with Crippen molar-refractivity contribution >= 4 is 0 Å². The van der Waals surface area contributed by atoms with E-state index in [1.807, 2.05) is 24.3 Å². The molecule has 0 saturated carbocycles. The molecule has 1 fully saturated rings. The van der Waals surface area contributed by atoms with Gasteiger partial charge >= 0.3 is 0 Å². The van der Waals surface area contributed by atoms with Crippen molar-refractivity contribution in [1.29, 1.82) is 0 Å². The minimum atomic E-state index is 0.205. The minimum absolute atomic E-state index is 0.205. The summed E-state index contributed by atoms with van der Waals surface area (Å²) in [5.74, 6) is 0.847. The lowest BCUT2D eigenvalue weighted by Gasteiger charge is -2.26. The summed E-state index contributed by atoms with van der Waals surface area (Å²) in [6.07, 6.45) is 0.205. The van der Waals surface area contributed by atoms with Gasteiger partial charge in [0, 0.05) is 6.54 Å². The second kappa shape index (κ2) is 4.41. The van der Waals surface area contributed by atoms with Crippen LogP contribution in [0.4, 0.5) is 0 Å². The van der Waals surface area contributed by atoms with Crippen LogP contribution >= 0.6 is 0 Å². The molecule has 1 heterocycles. The monoisotopic (exact) mass is 195 g/mol. The molecule has 0 radical (unpaired) electrons. The quantitative estimate of drug-likeness (QED) is 0.702. The molecule has 4 nitrogen and oxygen atoms in total. The van der Waals surface area contributed by atoms with Crippen LogP contribution in [0.3, 0.4) is 0 Å². The van der Waals surface area contributed by atoms with Gasteiger partial charge in [0.15, 0.2) is 0 Å². The van der Waals surface area contributed by atoms with Gasteiger partial charge < -0.3 is 14.7 Å². The topological polar surface area (TPSA) is 50.7 Å². The second-order valence-corrected chi connectivity index (χ2v) is 3.26. The molecule has 76 valence electrons. The second-order valence-electron chi connectivity index (χ2n) is 3.26. The summed E-state index contributed by atoms with van der Waals surface area (Å²) in [4.78, 5) is 0. The van der Waals surface area contributed by atoms with Crippen molar-refractivity contribution in [3.63, 3.8) is 0 Å². The molecule has 0 unspecified atom stereocenters. The Labute approximate surface area is 82.4 Å². The highest BCUT2D eigenvalue weighted by molar-refractivity contribution is 5.27. The van der Waals surface area contributed by atoms with E-state index in [9.17, 15) is 0 Å².